The molecular weight excluding hydrogens is 354 g/mol. The van der Waals surface area contributed by atoms with E-state index in [0.29, 0.717) is 23.8 Å². The SMILES string of the molecule is Cc1cccc(NC(=O)c2cc(Br)ccc2OCCC(C)C)c1. The number of ether oxygens (including phenoxy) is 1. The number of nitrogens with one attached hydrogen (secondary N) is 1. The molecule has 0 atom stereocenters. The van der Waals surface area contributed by atoms with Gasteiger partial charge in [-0.1, -0.05) is 41.9 Å². The predicted molar refractivity (Wildman–Crippen MR) is 98.2 cm³/mol. The maximum absolute atomic E-state index is 12.6. The molecule has 0 aliphatic carbocycles. The molecular formula is C19H22BrNO2. The molecule has 1 N–H and O–H groups in total. The number of hydrogen-bond acceptors (Lipinski definition) is 2. The minimum absolute atomic E-state index is 0.170. The fourth-order valence-electron chi connectivity index (χ4n) is 2.13. The van der Waals surface area contributed by atoms with Gasteiger partial charge in [0.2, 0.25) is 0 Å². The van der Waals surface area contributed by atoms with Crippen molar-refractivity contribution in [1.29, 1.82) is 0 Å². The Labute approximate surface area is 146 Å². The zero-order valence-corrected chi connectivity index (χ0v) is 15.3. The van der Waals surface area contributed by atoms with Crippen LogP contribution >= 0.6 is 15.9 Å². The molecule has 2 rings (SSSR count). The van der Waals surface area contributed by atoms with E-state index in [0.717, 1.165) is 22.1 Å². The van der Waals surface area contributed by atoms with Crippen LogP contribution < -0.4 is 10.1 Å². The maximum Gasteiger partial charge on any atom is 0.259 e. The number of carbonyl (C=O) groups excluding carboxylic acids is 1. The first-order valence-corrected chi connectivity index (χ1v) is 8.55. The molecule has 0 fully saturated rings. The highest BCUT2D eigenvalue weighted by Gasteiger charge is 2.14. The fourth-order valence-corrected chi connectivity index (χ4v) is 2.49. The monoisotopic (exact) mass is 375 g/mol. The van der Waals surface area contributed by atoms with Crippen LogP contribution in [0.4, 0.5) is 5.69 Å². The van der Waals surface area contributed by atoms with E-state index in [1.165, 1.54) is 0 Å². The molecule has 2 aromatic carbocycles. The van der Waals surface area contributed by atoms with Crippen LogP contribution in [0.15, 0.2) is 46.9 Å². The van der Waals surface area contributed by atoms with Crippen LogP contribution in [0.25, 0.3) is 0 Å². The number of benzene rings is 2. The average molecular weight is 376 g/mol. The summed E-state index contributed by atoms with van der Waals surface area (Å²) in [7, 11) is 0. The van der Waals surface area contributed by atoms with Gasteiger partial charge in [0.15, 0.2) is 0 Å². The summed E-state index contributed by atoms with van der Waals surface area (Å²) in [5.41, 5.74) is 2.41. The molecule has 0 spiro atoms. The Hall–Kier alpha value is -1.81. The van der Waals surface area contributed by atoms with Gasteiger partial charge in [0.1, 0.15) is 5.75 Å². The molecule has 0 bridgehead atoms. The van der Waals surface area contributed by atoms with Crippen LogP contribution in [-0.2, 0) is 0 Å². The standard InChI is InChI=1S/C19H22BrNO2/c1-13(2)9-10-23-18-8-7-15(20)12-17(18)19(22)21-16-6-4-5-14(3)11-16/h4-8,11-13H,9-10H2,1-3H3,(H,21,22). The van der Waals surface area contributed by atoms with Crippen molar-refractivity contribution < 1.29 is 9.53 Å². The summed E-state index contributed by atoms with van der Waals surface area (Å²) in [6.45, 7) is 6.89. The first kappa shape index (κ1) is 17.5. The van der Waals surface area contributed by atoms with Crippen molar-refractivity contribution in [2.75, 3.05) is 11.9 Å². The second-order valence-corrected chi connectivity index (χ2v) is 6.91. The molecule has 3 nitrogen and oxygen atoms in total. The van der Waals surface area contributed by atoms with Gasteiger partial charge in [-0.15, -0.1) is 0 Å². The summed E-state index contributed by atoms with van der Waals surface area (Å²) >= 11 is 3.42. The highest BCUT2D eigenvalue weighted by Crippen LogP contribution is 2.25. The van der Waals surface area contributed by atoms with Gasteiger partial charge in [0.05, 0.1) is 12.2 Å². The van der Waals surface area contributed by atoms with Crippen molar-refractivity contribution in [3.05, 3.63) is 58.1 Å². The molecule has 2 aromatic rings. The predicted octanol–water partition coefficient (Wildman–Crippen LogP) is 5.43. The smallest absolute Gasteiger partial charge is 0.259 e. The van der Waals surface area contributed by atoms with E-state index in [2.05, 4.69) is 35.1 Å². The quantitative estimate of drug-likeness (QED) is 0.730. The molecule has 0 radical (unpaired) electrons. The van der Waals surface area contributed by atoms with Gasteiger partial charge in [-0.05, 0) is 55.2 Å². The summed E-state index contributed by atoms with van der Waals surface area (Å²) in [6, 6.07) is 13.2. The van der Waals surface area contributed by atoms with Gasteiger partial charge < -0.3 is 10.1 Å². The van der Waals surface area contributed by atoms with E-state index in [1.54, 1.807) is 6.07 Å². The summed E-state index contributed by atoms with van der Waals surface area (Å²) in [5.74, 6) is 1.01. The van der Waals surface area contributed by atoms with Gasteiger partial charge in [0, 0.05) is 10.2 Å². The van der Waals surface area contributed by atoms with E-state index < -0.39 is 0 Å². The van der Waals surface area contributed by atoms with Crippen LogP contribution in [0, 0.1) is 12.8 Å². The molecule has 0 aliphatic heterocycles. The number of hydrogen-bond donors (Lipinski definition) is 1. The maximum atomic E-state index is 12.6. The lowest BCUT2D eigenvalue weighted by atomic mass is 10.1. The normalized spacial score (nSPS) is 10.7. The zero-order valence-electron chi connectivity index (χ0n) is 13.7. The van der Waals surface area contributed by atoms with E-state index in [1.807, 2.05) is 43.3 Å². The van der Waals surface area contributed by atoms with Gasteiger partial charge in [-0.2, -0.15) is 0 Å². The van der Waals surface area contributed by atoms with Crippen LogP contribution in [-0.4, -0.2) is 12.5 Å². The lowest BCUT2D eigenvalue weighted by Gasteiger charge is -2.13. The number of anilines is 1. The summed E-state index contributed by atoms with van der Waals surface area (Å²) in [6.07, 6.45) is 0.953. The van der Waals surface area contributed by atoms with Crippen LogP contribution in [0.1, 0.15) is 36.2 Å². The molecule has 1 amide bonds. The lowest BCUT2D eigenvalue weighted by Crippen LogP contribution is -2.14. The Bertz CT molecular complexity index is 683. The van der Waals surface area contributed by atoms with E-state index in [9.17, 15) is 4.79 Å². The number of aryl methyl sites for hydroxylation is 1. The minimum atomic E-state index is -0.170. The van der Waals surface area contributed by atoms with Crippen molar-refractivity contribution >= 4 is 27.5 Å². The Morgan fingerprint density at radius 3 is 2.70 bits per heavy atom. The third kappa shape index (κ3) is 5.39. The highest BCUT2D eigenvalue weighted by atomic mass is 79.9. The number of amides is 1. The van der Waals surface area contributed by atoms with Gasteiger partial charge >= 0.3 is 0 Å². The Morgan fingerprint density at radius 2 is 2.00 bits per heavy atom. The summed E-state index contributed by atoms with van der Waals surface area (Å²) in [5, 5.41) is 2.93. The van der Waals surface area contributed by atoms with E-state index in [-0.39, 0.29) is 5.91 Å². The Kier molecular flexibility index (Phi) is 6.22. The Morgan fingerprint density at radius 1 is 1.22 bits per heavy atom. The molecule has 0 saturated carbocycles. The van der Waals surface area contributed by atoms with Crippen molar-refractivity contribution in [2.45, 2.75) is 27.2 Å². The fraction of sp³-hybridized carbons (Fsp3) is 0.316. The Balaban J connectivity index is 2.16. The van der Waals surface area contributed by atoms with Crippen LogP contribution in [0.5, 0.6) is 5.75 Å². The molecule has 0 saturated heterocycles. The number of carbonyl (C=O) groups is 1. The second-order valence-electron chi connectivity index (χ2n) is 6.00. The van der Waals surface area contributed by atoms with Crippen LogP contribution in [0.2, 0.25) is 0 Å². The lowest BCUT2D eigenvalue weighted by molar-refractivity contribution is 0.102. The molecule has 23 heavy (non-hydrogen) atoms. The molecule has 4 heteroatoms. The molecule has 0 aliphatic rings. The third-order valence-corrected chi connectivity index (χ3v) is 3.91. The van der Waals surface area contributed by atoms with Crippen molar-refractivity contribution in [1.82, 2.24) is 0 Å². The first-order valence-electron chi connectivity index (χ1n) is 7.76. The molecule has 0 heterocycles. The molecule has 0 aromatic heterocycles. The summed E-state index contributed by atoms with van der Waals surface area (Å²) in [4.78, 5) is 12.6. The first-order chi connectivity index (χ1) is 11.0. The number of rotatable bonds is 6. The summed E-state index contributed by atoms with van der Waals surface area (Å²) < 4.78 is 6.65. The average Bonchev–Trinajstić information content (AvgIpc) is 2.48. The van der Waals surface area contributed by atoms with E-state index in [4.69, 9.17) is 4.74 Å². The van der Waals surface area contributed by atoms with Crippen molar-refractivity contribution in [2.24, 2.45) is 5.92 Å². The van der Waals surface area contributed by atoms with Gasteiger partial charge in [-0.3, -0.25) is 4.79 Å². The topological polar surface area (TPSA) is 38.3 Å². The van der Waals surface area contributed by atoms with Gasteiger partial charge in [-0.25, -0.2) is 0 Å². The largest absolute Gasteiger partial charge is 0.493 e. The molecule has 0 unspecified atom stereocenters. The van der Waals surface area contributed by atoms with E-state index >= 15 is 0 Å². The minimum Gasteiger partial charge on any atom is -0.493 e. The number of halogens is 1. The zero-order chi connectivity index (χ0) is 16.8. The molecule has 122 valence electrons. The van der Waals surface area contributed by atoms with Crippen LogP contribution in [0.3, 0.4) is 0 Å². The third-order valence-electron chi connectivity index (χ3n) is 3.41. The highest BCUT2D eigenvalue weighted by molar-refractivity contribution is 9.10. The van der Waals surface area contributed by atoms with Crippen molar-refractivity contribution in [3.8, 4) is 5.75 Å². The van der Waals surface area contributed by atoms with Gasteiger partial charge in [0.25, 0.3) is 5.91 Å². The second kappa shape index (κ2) is 8.16. The van der Waals surface area contributed by atoms with Crippen molar-refractivity contribution in [3.63, 3.8) is 0 Å².